The quantitative estimate of drug-likeness (QED) is 0.538. The number of ether oxygens (including phenoxy) is 5. The van der Waals surface area contributed by atoms with Gasteiger partial charge in [-0.25, -0.2) is 0 Å². The number of phenolic OH excluding ortho intramolecular Hbond substituents is 1. The molecule has 0 amide bonds. The summed E-state index contributed by atoms with van der Waals surface area (Å²) in [6, 6.07) is 6.49. The van der Waals surface area contributed by atoms with Crippen molar-refractivity contribution in [3.8, 4) is 34.5 Å². The maximum atomic E-state index is 10.6. The van der Waals surface area contributed by atoms with E-state index in [0.29, 0.717) is 34.7 Å². The van der Waals surface area contributed by atoms with Crippen LogP contribution in [0.15, 0.2) is 30.3 Å². The Bertz CT molecular complexity index is 896. The first-order valence-electron chi connectivity index (χ1n) is 8.79. The normalized spacial score (nSPS) is 17.8. The van der Waals surface area contributed by atoms with E-state index in [9.17, 15) is 15.0 Å². The van der Waals surface area contributed by atoms with Gasteiger partial charge in [0.05, 0.1) is 27.9 Å². The van der Waals surface area contributed by atoms with E-state index in [1.807, 2.05) is 0 Å². The van der Waals surface area contributed by atoms with E-state index in [0.717, 1.165) is 0 Å². The van der Waals surface area contributed by atoms with Crippen LogP contribution < -0.4 is 23.7 Å². The molecule has 1 heterocycles. The minimum Gasteiger partial charge on any atom is -0.504 e. The molecule has 0 saturated carbocycles. The van der Waals surface area contributed by atoms with E-state index in [1.165, 1.54) is 39.5 Å². The second kappa shape index (κ2) is 8.74. The summed E-state index contributed by atoms with van der Waals surface area (Å²) in [5.41, 5.74) is 1.18. The summed E-state index contributed by atoms with van der Waals surface area (Å²) < 4.78 is 28.0. The van der Waals surface area contributed by atoms with Crippen molar-refractivity contribution in [2.75, 3.05) is 27.9 Å². The molecule has 1 aliphatic heterocycles. The molecule has 8 nitrogen and oxygen atoms in total. The van der Waals surface area contributed by atoms with Gasteiger partial charge < -0.3 is 33.9 Å². The molecule has 3 rings (SSSR count). The molecule has 2 atom stereocenters. The van der Waals surface area contributed by atoms with Gasteiger partial charge in [0, 0.05) is 5.56 Å². The number of benzene rings is 2. The zero-order valence-electron chi connectivity index (χ0n) is 16.2. The molecule has 29 heavy (non-hydrogen) atoms. The number of hydrogen-bond donors (Lipinski definition) is 2. The van der Waals surface area contributed by atoms with Gasteiger partial charge in [0.15, 0.2) is 35.2 Å². The third-order valence-corrected chi connectivity index (χ3v) is 4.48. The standard InChI is InChI=1S/C21H22O8/c1-25-15-9-13(10-16(26-2)21(15)27-3)19-18(11-23)29-20-14(24)7-12(5-4-6-22)8-17(20)28-19/h4-10,18-19,23-24H,11H2,1-3H3/t18-,19-/m0/s1. The highest BCUT2D eigenvalue weighted by molar-refractivity contribution is 5.75. The molecule has 0 unspecified atom stereocenters. The maximum absolute atomic E-state index is 10.6. The highest BCUT2D eigenvalue weighted by atomic mass is 16.6. The predicted molar refractivity (Wildman–Crippen MR) is 104 cm³/mol. The van der Waals surface area contributed by atoms with Crippen LogP contribution in [0.1, 0.15) is 17.2 Å². The first-order valence-corrected chi connectivity index (χ1v) is 8.79. The van der Waals surface area contributed by atoms with Crippen LogP contribution in [0.2, 0.25) is 0 Å². The van der Waals surface area contributed by atoms with E-state index < -0.39 is 12.2 Å². The van der Waals surface area contributed by atoms with Crippen molar-refractivity contribution >= 4 is 12.4 Å². The number of aromatic hydroxyl groups is 1. The number of aldehydes is 1. The molecule has 0 aliphatic carbocycles. The van der Waals surface area contributed by atoms with E-state index in [1.54, 1.807) is 18.2 Å². The topological polar surface area (TPSA) is 104 Å². The fourth-order valence-electron chi connectivity index (χ4n) is 3.17. The second-order valence-electron chi connectivity index (χ2n) is 6.20. The highest BCUT2D eigenvalue weighted by Crippen LogP contribution is 2.48. The van der Waals surface area contributed by atoms with Crippen molar-refractivity contribution in [1.29, 1.82) is 0 Å². The van der Waals surface area contributed by atoms with Crippen molar-refractivity contribution in [3.63, 3.8) is 0 Å². The van der Waals surface area contributed by atoms with E-state index >= 15 is 0 Å². The van der Waals surface area contributed by atoms with Crippen LogP contribution in [0.25, 0.3) is 6.08 Å². The van der Waals surface area contributed by atoms with Crippen molar-refractivity contribution < 1.29 is 38.7 Å². The van der Waals surface area contributed by atoms with Gasteiger partial charge in [-0.05, 0) is 35.9 Å². The Balaban J connectivity index is 2.06. The predicted octanol–water partition coefficient (Wildman–Crippen LogP) is 2.50. The van der Waals surface area contributed by atoms with Crippen LogP contribution in [0.5, 0.6) is 34.5 Å². The molecule has 8 heteroatoms. The van der Waals surface area contributed by atoms with Gasteiger partial charge in [0.25, 0.3) is 0 Å². The lowest BCUT2D eigenvalue weighted by molar-refractivity contribution is -0.104. The van der Waals surface area contributed by atoms with Crippen LogP contribution in [-0.2, 0) is 4.79 Å². The van der Waals surface area contributed by atoms with Gasteiger partial charge in [-0.3, -0.25) is 4.79 Å². The lowest BCUT2D eigenvalue weighted by atomic mass is 10.0. The Morgan fingerprint density at radius 1 is 1.03 bits per heavy atom. The Labute approximate surface area is 167 Å². The molecule has 0 fully saturated rings. The maximum Gasteiger partial charge on any atom is 0.203 e. The number of phenols is 1. The molecule has 0 saturated heterocycles. The van der Waals surface area contributed by atoms with Gasteiger partial charge in [-0.1, -0.05) is 6.08 Å². The number of carbonyl (C=O) groups is 1. The summed E-state index contributed by atoms with van der Waals surface area (Å²) in [5.74, 6) is 1.53. The minimum absolute atomic E-state index is 0.121. The average molecular weight is 402 g/mol. The third-order valence-electron chi connectivity index (χ3n) is 4.48. The Morgan fingerprint density at radius 3 is 2.28 bits per heavy atom. The van der Waals surface area contributed by atoms with Gasteiger partial charge in [0.1, 0.15) is 6.29 Å². The number of rotatable bonds is 7. The number of methoxy groups -OCH3 is 3. The summed E-state index contributed by atoms with van der Waals surface area (Å²) in [6.07, 6.45) is 1.97. The van der Waals surface area contributed by atoms with Crippen LogP contribution in [0.4, 0.5) is 0 Å². The molecule has 154 valence electrons. The SMILES string of the molecule is COc1cc([C@@H]2Oc3cc(C=CC=O)cc(O)c3O[C@H]2CO)cc(OC)c1OC. The molecule has 0 aromatic heterocycles. The van der Waals surface area contributed by atoms with E-state index in [2.05, 4.69) is 0 Å². The fraction of sp³-hybridized carbons (Fsp3) is 0.286. The van der Waals surface area contributed by atoms with Gasteiger partial charge >= 0.3 is 0 Å². The van der Waals surface area contributed by atoms with Crippen LogP contribution in [0, 0.1) is 0 Å². The van der Waals surface area contributed by atoms with Crippen molar-refractivity contribution in [3.05, 3.63) is 41.5 Å². The van der Waals surface area contributed by atoms with Crippen LogP contribution in [0.3, 0.4) is 0 Å². The molecule has 2 aromatic carbocycles. The smallest absolute Gasteiger partial charge is 0.203 e. The lowest BCUT2D eigenvalue weighted by Crippen LogP contribution is -2.36. The largest absolute Gasteiger partial charge is 0.504 e. The van der Waals surface area contributed by atoms with Crippen molar-refractivity contribution in [1.82, 2.24) is 0 Å². The summed E-state index contributed by atoms with van der Waals surface area (Å²) in [6.45, 7) is -0.354. The summed E-state index contributed by atoms with van der Waals surface area (Å²) in [7, 11) is 4.51. The first kappa shape index (κ1) is 20.3. The molecule has 0 spiro atoms. The van der Waals surface area contributed by atoms with Gasteiger partial charge in [0.2, 0.25) is 11.5 Å². The Kier molecular flexibility index (Phi) is 6.13. The van der Waals surface area contributed by atoms with Crippen molar-refractivity contribution in [2.45, 2.75) is 12.2 Å². The average Bonchev–Trinajstić information content (AvgIpc) is 2.75. The molecule has 2 aromatic rings. The summed E-state index contributed by atoms with van der Waals surface area (Å²) in [4.78, 5) is 10.6. The van der Waals surface area contributed by atoms with Gasteiger partial charge in [-0.2, -0.15) is 0 Å². The van der Waals surface area contributed by atoms with Crippen LogP contribution in [-0.4, -0.2) is 50.5 Å². The second-order valence-corrected chi connectivity index (χ2v) is 6.20. The molecule has 2 N–H and O–H groups in total. The number of fused-ring (bicyclic) bond motifs is 1. The highest BCUT2D eigenvalue weighted by Gasteiger charge is 2.35. The number of allylic oxidation sites excluding steroid dienone is 1. The number of hydrogen-bond acceptors (Lipinski definition) is 8. The molecule has 1 aliphatic rings. The molecular formula is C21H22O8. The third kappa shape index (κ3) is 3.93. The molecule has 0 radical (unpaired) electrons. The Morgan fingerprint density at radius 2 is 1.72 bits per heavy atom. The monoisotopic (exact) mass is 402 g/mol. The zero-order valence-corrected chi connectivity index (χ0v) is 16.2. The zero-order chi connectivity index (χ0) is 21.0. The fourth-order valence-corrected chi connectivity index (χ4v) is 3.17. The van der Waals surface area contributed by atoms with Crippen molar-refractivity contribution in [2.24, 2.45) is 0 Å². The summed E-state index contributed by atoms with van der Waals surface area (Å²) >= 11 is 0. The number of carbonyl (C=O) groups excluding carboxylic acids is 1. The molecule has 0 bridgehead atoms. The number of aliphatic hydroxyl groups excluding tert-OH is 1. The lowest BCUT2D eigenvalue weighted by Gasteiger charge is -2.34. The van der Waals surface area contributed by atoms with Gasteiger partial charge in [-0.15, -0.1) is 0 Å². The Hall–Kier alpha value is -3.39. The van der Waals surface area contributed by atoms with E-state index in [-0.39, 0.29) is 23.9 Å². The van der Waals surface area contributed by atoms with Crippen LogP contribution >= 0.6 is 0 Å². The number of aliphatic hydroxyl groups is 1. The first-order chi connectivity index (χ1) is 14.1. The molecular weight excluding hydrogens is 380 g/mol. The summed E-state index contributed by atoms with van der Waals surface area (Å²) in [5, 5.41) is 20.1. The van der Waals surface area contributed by atoms with E-state index in [4.69, 9.17) is 23.7 Å². The minimum atomic E-state index is -0.785.